The zero-order valence-electron chi connectivity index (χ0n) is 18.1. The van der Waals surface area contributed by atoms with Crippen LogP contribution in [0.25, 0.3) is 0 Å². The highest BCUT2D eigenvalue weighted by atomic mass is 79.9. The van der Waals surface area contributed by atoms with Gasteiger partial charge < -0.3 is 29.1 Å². The number of hydrogen-bond donors (Lipinski definition) is 2. The smallest absolute Gasteiger partial charge is 0.250 e. The molecule has 1 aromatic carbocycles. The highest BCUT2D eigenvalue weighted by molar-refractivity contribution is 9.13. The molecule has 13 heteroatoms. The van der Waals surface area contributed by atoms with Crippen molar-refractivity contribution in [1.29, 1.82) is 0 Å². The summed E-state index contributed by atoms with van der Waals surface area (Å²) in [6, 6.07) is 1.70. The van der Waals surface area contributed by atoms with Crippen molar-refractivity contribution in [3.05, 3.63) is 20.6 Å². The van der Waals surface area contributed by atoms with Gasteiger partial charge in [-0.2, -0.15) is 20.1 Å². The Bertz CT molecular complexity index is 963. The van der Waals surface area contributed by atoms with E-state index in [-0.39, 0.29) is 5.75 Å². The van der Waals surface area contributed by atoms with Crippen LogP contribution < -0.4 is 20.0 Å². The molecular weight excluding hydrogens is 562 g/mol. The van der Waals surface area contributed by atoms with Gasteiger partial charge in [0.25, 0.3) is 0 Å². The van der Waals surface area contributed by atoms with E-state index in [0.717, 1.165) is 4.47 Å². The van der Waals surface area contributed by atoms with Crippen molar-refractivity contribution < 1.29 is 19.3 Å². The molecule has 0 bridgehead atoms. The van der Waals surface area contributed by atoms with Crippen LogP contribution in [0.15, 0.2) is 20.1 Å². The van der Waals surface area contributed by atoms with Crippen LogP contribution in [0.5, 0.6) is 11.5 Å². The third-order valence-electron chi connectivity index (χ3n) is 5.05. The summed E-state index contributed by atoms with van der Waals surface area (Å²) >= 11 is 6.93. The van der Waals surface area contributed by atoms with E-state index < -0.39 is 0 Å². The number of ether oxygens (including phenoxy) is 3. The third kappa shape index (κ3) is 5.83. The van der Waals surface area contributed by atoms with Crippen LogP contribution in [-0.2, 0) is 9.47 Å². The minimum atomic E-state index is -0.0175. The molecule has 0 radical (unpaired) electrons. The van der Waals surface area contributed by atoms with Crippen molar-refractivity contribution in [3.8, 4) is 11.5 Å². The number of phenolic OH excluding ortho intramolecular Hbond substituents is 1. The first-order valence-electron chi connectivity index (χ1n) is 10.6. The zero-order valence-corrected chi connectivity index (χ0v) is 21.3. The Labute approximate surface area is 208 Å². The SMILES string of the molecule is CCOc1cc(Br)c(Br)c(C=NNc2nc(N3CCOCC3)nc(N3CCOCC3)n2)c1O. The number of aromatic nitrogens is 3. The summed E-state index contributed by atoms with van der Waals surface area (Å²) in [6.07, 6.45) is 1.49. The van der Waals surface area contributed by atoms with Crippen molar-refractivity contribution in [2.45, 2.75) is 6.92 Å². The van der Waals surface area contributed by atoms with Gasteiger partial charge in [0, 0.05) is 35.1 Å². The zero-order chi connectivity index (χ0) is 23.2. The highest BCUT2D eigenvalue weighted by Gasteiger charge is 2.21. The average molecular weight is 587 g/mol. The van der Waals surface area contributed by atoms with Crippen molar-refractivity contribution in [2.24, 2.45) is 5.10 Å². The first kappa shape index (κ1) is 23.9. The first-order valence-corrected chi connectivity index (χ1v) is 12.2. The van der Waals surface area contributed by atoms with Crippen LogP contribution in [0, 0.1) is 0 Å². The van der Waals surface area contributed by atoms with Gasteiger partial charge in [0.2, 0.25) is 17.8 Å². The second kappa shape index (κ2) is 11.3. The van der Waals surface area contributed by atoms with Gasteiger partial charge in [-0.25, -0.2) is 5.43 Å². The number of nitrogens with zero attached hydrogens (tertiary/aromatic N) is 6. The molecule has 2 aliphatic heterocycles. The number of aromatic hydroxyl groups is 1. The molecule has 2 aliphatic rings. The second-order valence-corrected chi connectivity index (χ2v) is 8.84. The Hall–Kier alpha value is -2.22. The molecule has 11 nitrogen and oxygen atoms in total. The molecule has 2 aromatic rings. The number of morpholine rings is 2. The number of hydrogen-bond acceptors (Lipinski definition) is 11. The summed E-state index contributed by atoms with van der Waals surface area (Å²) < 4.78 is 17.8. The molecule has 1 aromatic heterocycles. The molecule has 4 rings (SSSR count). The van der Waals surface area contributed by atoms with Crippen LogP contribution in [0.4, 0.5) is 17.8 Å². The van der Waals surface area contributed by atoms with E-state index >= 15 is 0 Å². The molecular formula is C20H25Br2N7O4. The third-order valence-corrected chi connectivity index (χ3v) is 7.06. The molecule has 0 unspecified atom stereocenters. The van der Waals surface area contributed by atoms with Gasteiger partial charge in [-0.3, -0.25) is 0 Å². The summed E-state index contributed by atoms with van der Waals surface area (Å²) in [6.45, 7) is 7.58. The van der Waals surface area contributed by atoms with Gasteiger partial charge in [-0.15, -0.1) is 0 Å². The van der Waals surface area contributed by atoms with Crippen molar-refractivity contribution in [1.82, 2.24) is 15.0 Å². The Kier molecular flexibility index (Phi) is 8.17. The van der Waals surface area contributed by atoms with Crippen LogP contribution in [0.3, 0.4) is 0 Å². The van der Waals surface area contributed by atoms with E-state index in [1.807, 2.05) is 6.92 Å². The molecule has 0 atom stereocenters. The molecule has 33 heavy (non-hydrogen) atoms. The number of halogens is 2. The monoisotopic (exact) mass is 585 g/mol. The summed E-state index contributed by atoms with van der Waals surface area (Å²) in [5.74, 6) is 1.78. The van der Waals surface area contributed by atoms with Crippen LogP contribution in [-0.4, -0.2) is 85.5 Å². The van der Waals surface area contributed by atoms with Gasteiger partial charge in [0.05, 0.1) is 44.8 Å². The van der Waals surface area contributed by atoms with E-state index in [0.29, 0.717) is 92.8 Å². The Morgan fingerprint density at radius 2 is 1.64 bits per heavy atom. The number of rotatable bonds is 7. The Balaban J connectivity index is 1.60. The van der Waals surface area contributed by atoms with Crippen LogP contribution >= 0.6 is 31.9 Å². The lowest BCUT2D eigenvalue weighted by Gasteiger charge is -2.30. The molecule has 2 saturated heterocycles. The fourth-order valence-corrected chi connectivity index (χ4v) is 4.19. The predicted molar refractivity (Wildman–Crippen MR) is 132 cm³/mol. The van der Waals surface area contributed by atoms with Crippen LogP contribution in [0.2, 0.25) is 0 Å². The summed E-state index contributed by atoms with van der Waals surface area (Å²) in [5.41, 5.74) is 3.34. The normalized spacial score (nSPS) is 16.9. The number of nitrogens with one attached hydrogen (secondary N) is 1. The quantitative estimate of drug-likeness (QED) is 0.370. The number of phenols is 1. The molecule has 0 spiro atoms. The average Bonchev–Trinajstić information content (AvgIpc) is 2.85. The first-order chi connectivity index (χ1) is 16.1. The van der Waals surface area contributed by atoms with E-state index in [4.69, 9.17) is 14.2 Å². The van der Waals surface area contributed by atoms with E-state index in [9.17, 15) is 5.11 Å². The standard InChI is InChI=1S/C20H25Br2N7O4/c1-2-33-15-11-14(21)16(22)13(17(15)30)12-23-27-18-24-19(28-3-7-31-8-4-28)26-20(25-18)29-5-9-32-10-6-29/h11-12,30H,2-10H2,1H3,(H,24,25,26,27). The van der Waals surface area contributed by atoms with Crippen molar-refractivity contribution >= 4 is 55.9 Å². The van der Waals surface area contributed by atoms with Gasteiger partial charge >= 0.3 is 0 Å². The minimum absolute atomic E-state index is 0.0175. The van der Waals surface area contributed by atoms with Gasteiger partial charge in [0.15, 0.2) is 11.5 Å². The predicted octanol–water partition coefficient (Wildman–Crippen LogP) is 2.62. The molecule has 178 valence electrons. The number of hydrazone groups is 1. The van der Waals surface area contributed by atoms with Crippen molar-refractivity contribution in [2.75, 3.05) is 74.4 Å². The summed E-state index contributed by atoms with van der Waals surface area (Å²) in [4.78, 5) is 17.9. The van der Waals surface area contributed by atoms with Gasteiger partial charge in [-0.1, -0.05) is 0 Å². The molecule has 2 fully saturated rings. The molecule has 0 aliphatic carbocycles. The Morgan fingerprint density at radius 3 is 2.18 bits per heavy atom. The van der Waals surface area contributed by atoms with E-state index in [1.165, 1.54) is 6.21 Å². The highest BCUT2D eigenvalue weighted by Crippen LogP contribution is 2.39. The number of benzene rings is 1. The van der Waals surface area contributed by atoms with Crippen LogP contribution in [0.1, 0.15) is 12.5 Å². The second-order valence-electron chi connectivity index (χ2n) is 7.19. The largest absolute Gasteiger partial charge is 0.504 e. The lowest BCUT2D eigenvalue weighted by Crippen LogP contribution is -2.40. The van der Waals surface area contributed by atoms with E-state index in [2.05, 4.69) is 67.1 Å². The lowest BCUT2D eigenvalue weighted by atomic mass is 10.2. The topological polar surface area (TPSA) is 117 Å². The van der Waals surface area contributed by atoms with Gasteiger partial charge in [-0.05, 0) is 44.8 Å². The fourth-order valence-electron chi connectivity index (χ4n) is 3.36. The summed E-state index contributed by atoms with van der Waals surface area (Å²) in [7, 11) is 0. The molecule has 0 saturated carbocycles. The van der Waals surface area contributed by atoms with E-state index in [1.54, 1.807) is 6.07 Å². The maximum Gasteiger partial charge on any atom is 0.250 e. The van der Waals surface area contributed by atoms with Gasteiger partial charge in [0.1, 0.15) is 0 Å². The van der Waals surface area contributed by atoms with Crippen molar-refractivity contribution in [3.63, 3.8) is 0 Å². The molecule has 2 N–H and O–H groups in total. The number of anilines is 3. The molecule has 3 heterocycles. The fraction of sp³-hybridized carbons (Fsp3) is 0.500. The maximum atomic E-state index is 10.6. The Morgan fingerprint density at radius 1 is 1.06 bits per heavy atom. The summed E-state index contributed by atoms with van der Waals surface area (Å²) in [5, 5.41) is 14.8. The minimum Gasteiger partial charge on any atom is -0.504 e. The molecule has 0 amide bonds. The lowest BCUT2D eigenvalue weighted by molar-refractivity contribution is 0.121. The maximum absolute atomic E-state index is 10.6.